The fourth-order valence-corrected chi connectivity index (χ4v) is 5.81. The van der Waals surface area contributed by atoms with Crippen LogP contribution in [-0.4, -0.2) is 52.6 Å². The normalized spacial score (nSPS) is 15.4. The van der Waals surface area contributed by atoms with Gasteiger partial charge in [0.2, 0.25) is 11.8 Å². The van der Waals surface area contributed by atoms with E-state index >= 15 is 0 Å². The molecule has 2 amide bonds. The summed E-state index contributed by atoms with van der Waals surface area (Å²) in [5, 5.41) is 3.69. The van der Waals surface area contributed by atoms with E-state index in [1.54, 1.807) is 4.90 Å². The van der Waals surface area contributed by atoms with Crippen molar-refractivity contribution in [2.75, 3.05) is 30.1 Å². The molecule has 210 valence electrons. The van der Waals surface area contributed by atoms with Gasteiger partial charge in [-0.2, -0.15) is 0 Å². The minimum atomic E-state index is -0.618. The number of allylic oxidation sites excluding steroid dienone is 2. The molecule has 40 heavy (non-hydrogen) atoms. The standard InChI is InChI=1S/C32H39N5O2S/c1-22-11-13-25(14-12-22)20-37(29(38)21-40-32-33-23(2)19-24(3)34-32)30(26-9-7-6-8-10-26)31(39)35-27-15-17-28(18-16-27)36(4)5/h6-7,11-19,26,30H,8-10,20-21H2,1-5H3,(H,35,39). The minimum Gasteiger partial charge on any atom is -0.378 e. The first-order valence-electron chi connectivity index (χ1n) is 13.7. The molecule has 2 atom stereocenters. The number of carbonyl (C=O) groups is 2. The van der Waals surface area contributed by atoms with Gasteiger partial charge in [0.25, 0.3) is 0 Å². The fourth-order valence-electron chi connectivity index (χ4n) is 4.97. The lowest BCUT2D eigenvalue weighted by Crippen LogP contribution is -2.51. The second-order valence-corrected chi connectivity index (χ2v) is 11.6. The van der Waals surface area contributed by atoms with Gasteiger partial charge in [0.1, 0.15) is 6.04 Å². The summed E-state index contributed by atoms with van der Waals surface area (Å²) in [6, 6.07) is 17.2. The number of rotatable bonds is 10. The number of amides is 2. The Hall–Kier alpha value is -3.65. The van der Waals surface area contributed by atoms with Crippen molar-refractivity contribution in [1.82, 2.24) is 14.9 Å². The van der Waals surface area contributed by atoms with E-state index in [-0.39, 0.29) is 23.5 Å². The van der Waals surface area contributed by atoms with Crippen molar-refractivity contribution in [2.45, 2.75) is 57.8 Å². The zero-order valence-corrected chi connectivity index (χ0v) is 24.9. The van der Waals surface area contributed by atoms with Gasteiger partial charge in [-0.3, -0.25) is 9.59 Å². The van der Waals surface area contributed by atoms with E-state index < -0.39 is 6.04 Å². The van der Waals surface area contributed by atoms with Crippen LogP contribution in [0.4, 0.5) is 11.4 Å². The van der Waals surface area contributed by atoms with Crippen molar-refractivity contribution in [1.29, 1.82) is 0 Å². The lowest BCUT2D eigenvalue weighted by atomic mass is 9.86. The van der Waals surface area contributed by atoms with Crippen LogP contribution in [0.5, 0.6) is 0 Å². The molecule has 7 nitrogen and oxygen atoms in total. The number of thioether (sulfide) groups is 1. The lowest BCUT2D eigenvalue weighted by Gasteiger charge is -2.37. The smallest absolute Gasteiger partial charge is 0.247 e. The van der Waals surface area contributed by atoms with Crippen LogP contribution in [0.1, 0.15) is 41.8 Å². The number of hydrogen-bond acceptors (Lipinski definition) is 6. The summed E-state index contributed by atoms with van der Waals surface area (Å²) in [6.07, 6.45) is 6.78. The number of hydrogen-bond donors (Lipinski definition) is 1. The molecule has 0 aliphatic heterocycles. The van der Waals surface area contributed by atoms with Crippen molar-refractivity contribution in [3.63, 3.8) is 0 Å². The van der Waals surface area contributed by atoms with Gasteiger partial charge < -0.3 is 15.1 Å². The summed E-state index contributed by atoms with van der Waals surface area (Å²) >= 11 is 1.32. The fraction of sp³-hybridized carbons (Fsp3) is 0.375. The summed E-state index contributed by atoms with van der Waals surface area (Å²) in [7, 11) is 3.96. The van der Waals surface area contributed by atoms with Crippen LogP contribution in [0.15, 0.2) is 71.9 Å². The molecule has 0 spiro atoms. The van der Waals surface area contributed by atoms with Crippen LogP contribution >= 0.6 is 11.8 Å². The Morgan fingerprint density at radius 1 is 0.975 bits per heavy atom. The summed E-state index contributed by atoms with van der Waals surface area (Å²) in [5.74, 6) is -0.0987. The topological polar surface area (TPSA) is 78.4 Å². The van der Waals surface area contributed by atoms with Gasteiger partial charge in [-0.25, -0.2) is 9.97 Å². The van der Waals surface area contributed by atoms with Crippen LogP contribution in [0.3, 0.4) is 0 Å². The maximum absolute atomic E-state index is 14.0. The van der Waals surface area contributed by atoms with Gasteiger partial charge in [0.05, 0.1) is 5.75 Å². The molecule has 0 saturated carbocycles. The average molecular weight is 558 g/mol. The predicted octanol–water partition coefficient (Wildman–Crippen LogP) is 5.95. The second kappa shape index (κ2) is 13.6. The molecule has 1 aromatic heterocycles. The SMILES string of the molecule is Cc1ccc(CN(C(=O)CSc2nc(C)cc(C)n2)C(C(=O)Nc2ccc(N(C)C)cc2)C2CC=CCC2)cc1. The van der Waals surface area contributed by atoms with Gasteiger partial charge in [0, 0.05) is 43.4 Å². The zero-order valence-electron chi connectivity index (χ0n) is 24.1. The van der Waals surface area contributed by atoms with Gasteiger partial charge in [-0.05, 0) is 81.8 Å². The molecule has 1 N–H and O–H groups in total. The third kappa shape index (κ3) is 7.94. The Labute approximate surface area is 242 Å². The van der Waals surface area contributed by atoms with E-state index in [0.717, 1.165) is 47.5 Å². The molecular weight excluding hydrogens is 518 g/mol. The van der Waals surface area contributed by atoms with Crippen LogP contribution in [0.25, 0.3) is 0 Å². The molecule has 0 saturated heterocycles. The largest absolute Gasteiger partial charge is 0.378 e. The molecule has 2 aromatic carbocycles. The molecule has 2 unspecified atom stereocenters. The van der Waals surface area contributed by atoms with Crippen molar-refractivity contribution in [3.8, 4) is 0 Å². The van der Waals surface area contributed by atoms with E-state index in [1.165, 1.54) is 11.8 Å². The molecule has 0 fully saturated rings. The third-order valence-corrected chi connectivity index (χ3v) is 7.92. The van der Waals surface area contributed by atoms with Gasteiger partial charge in [-0.15, -0.1) is 0 Å². The Morgan fingerprint density at radius 3 is 2.25 bits per heavy atom. The third-order valence-electron chi connectivity index (χ3n) is 7.09. The summed E-state index contributed by atoms with van der Waals surface area (Å²) in [5.41, 5.74) is 5.64. The number of nitrogens with zero attached hydrogens (tertiary/aromatic N) is 4. The average Bonchev–Trinajstić information content (AvgIpc) is 2.93. The van der Waals surface area contributed by atoms with Crippen molar-refractivity contribution >= 4 is 35.0 Å². The number of aryl methyl sites for hydroxylation is 3. The molecular formula is C32H39N5O2S. The molecule has 3 aromatic rings. The number of nitrogens with one attached hydrogen (secondary N) is 1. The molecule has 0 bridgehead atoms. The highest BCUT2D eigenvalue weighted by Crippen LogP contribution is 2.29. The lowest BCUT2D eigenvalue weighted by molar-refractivity contribution is -0.139. The zero-order chi connectivity index (χ0) is 28.6. The van der Waals surface area contributed by atoms with Crippen LogP contribution < -0.4 is 10.2 Å². The number of aromatic nitrogens is 2. The first-order valence-corrected chi connectivity index (χ1v) is 14.7. The Bertz CT molecular complexity index is 1320. The van der Waals surface area contributed by atoms with E-state index in [9.17, 15) is 9.59 Å². The summed E-state index contributed by atoms with van der Waals surface area (Å²) < 4.78 is 0. The van der Waals surface area contributed by atoms with Gasteiger partial charge >= 0.3 is 0 Å². The quantitative estimate of drug-likeness (QED) is 0.189. The van der Waals surface area contributed by atoms with Crippen LogP contribution in [0.2, 0.25) is 0 Å². The molecule has 0 radical (unpaired) electrons. The maximum Gasteiger partial charge on any atom is 0.247 e. The van der Waals surface area contributed by atoms with Gasteiger partial charge in [0.15, 0.2) is 5.16 Å². The van der Waals surface area contributed by atoms with E-state index in [1.807, 2.05) is 94.4 Å². The second-order valence-electron chi connectivity index (χ2n) is 10.6. The highest BCUT2D eigenvalue weighted by atomic mass is 32.2. The Morgan fingerprint density at radius 2 is 1.65 bits per heavy atom. The van der Waals surface area contributed by atoms with E-state index in [4.69, 9.17) is 0 Å². The summed E-state index contributed by atoms with van der Waals surface area (Å²) in [6.45, 7) is 6.24. The highest BCUT2D eigenvalue weighted by molar-refractivity contribution is 7.99. The summed E-state index contributed by atoms with van der Waals surface area (Å²) in [4.78, 5) is 40.8. The maximum atomic E-state index is 14.0. The predicted molar refractivity (Wildman–Crippen MR) is 164 cm³/mol. The number of benzene rings is 2. The Kier molecular flexibility index (Phi) is 9.98. The van der Waals surface area contributed by atoms with E-state index in [2.05, 4.69) is 27.4 Å². The van der Waals surface area contributed by atoms with E-state index in [0.29, 0.717) is 17.4 Å². The first kappa shape index (κ1) is 29.3. The Balaban J connectivity index is 1.63. The number of anilines is 2. The molecule has 4 rings (SSSR count). The minimum absolute atomic E-state index is 0.0166. The van der Waals surface area contributed by atoms with Crippen LogP contribution in [-0.2, 0) is 16.1 Å². The van der Waals surface area contributed by atoms with Crippen molar-refractivity contribution < 1.29 is 9.59 Å². The molecule has 8 heteroatoms. The molecule has 1 aliphatic carbocycles. The van der Waals surface area contributed by atoms with Crippen molar-refractivity contribution in [3.05, 3.63) is 89.3 Å². The van der Waals surface area contributed by atoms with Gasteiger partial charge in [-0.1, -0.05) is 53.7 Å². The first-order chi connectivity index (χ1) is 19.2. The van der Waals surface area contributed by atoms with Crippen LogP contribution in [0, 0.1) is 26.7 Å². The van der Waals surface area contributed by atoms with Crippen molar-refractivity contribution in [2.24, 2.45) is 5.92 Å². The monoisotopic (exact) mass is 557 g/mol. The highest BCUT2D eigenvalue weighted by Gasteiger charge is 2.36. The number of carbonyl (C=O) groups excluding carboxylic acids is 2. The molecule has 1 heterocycles. The molecule has 1 aliphatic rings.